The van der Waals surface area contributed by atoms with Crippen LogP contribution in [0.3, 0.4) is 0 Å². The second-order valence-electron chi connectivity index (χ2n) is 5.26. The molecule has 108 valence electrons. The molecule has 0 aliphatic carbocycles. The SMILES string of the molecule is N#Cc1ccc(CN2CCCCC2CS(N)(=O)=O)cc1. The van der Waals surface area contributed by atoms with Gasteiger partial charge >= 0.3 is 0 Å². The highest BCUT2D eigenvalue weighted by Gasteiger charge is 2.25. The summed E-state index contributed by atoms with van der Waals surface area (Å²) in [5, 5.41) is 13.9. The van der Waals surface area contributed by atoms with Crippen molar-refractivity contribution in [3.05, 3.63) is 35.4 Å². The average Bonchev–Trinajstić information content (AvgIpc) is 2.40. The van der Waals surface area contributed by atoms with E-state index in [0.717, 1.165) is 31.4 Å². The first-order valence-corrected chi connectivity index (χ1v) is 8.43. The molecule has 20 heavy (non-hydrogen) atoms. The summed E-state index contributed by atoms with van der Waals surface area (Å²) in [5.74, 6) is 0.0171. The standard InChI is InChI=1S/C14H19N3O2S/c15-9-12-4-6-13(7-5-12)10-17-8-2-1-3-14(17)11-20(16,18)19/h4-7,14H,1-3,8,10-11H2,(H2,16,18,19). The van der Waals surface area contributed by atoms with Gasteiger partial charge in [0.2, 0.25) is 10.0 Å². The molecule has 1 heterocycles. The summed E-state index contributed by atoms with van der Waals surface area (Å²) < 4.78 is 22.6. The van der Waals surface area contributed by atoms with Crippen LogP contribution < -0.4 is 5.14 Å². The molecule has 1 unspecified atom stereocenters. The van der Waals surface area contributed by atoms with Crippen molar-refractivity contribution in [2.45, 2.75) is 31.8 Å². The fourth-order valence-electron chi connectivity index (χ4n) is 2.64. The minimum absolute atomic E-state index is 0.00519. The maximum absolute atomic E-state index is 11.3. The number of nitrogens with two attached hydrogens (primary N) is 1. The van der Waals surface area contributed by atoms with E-state index in [0.29, 0.717) is 12.1 Å². The fourth-order valence-corrected chi connectivity index (χ4v) is 3.56. The number of sulfonamides is 1. The lowest BCUT2D eigenvalue weighted by molar-refractivity contribution is 0.154. The normalized spacial score (nSPS) is 20.5. The molecule has 1 saturated heterocycles. The molecule has 0 amide bonds. The van der Waals surface area contributed by atoms with Gasteiger partial charge in [-0.05, 0) is 37.1 Å². The van der Waals surface area contributed by atoms with Crippen molar-refractivity contribution >= 4 is 10.0 Å². The van der Waals surface area contributed by atoms with Crippen LogP contribution >= 0.6 is 0 Å². The molecule has 1 aromatic rings. The number of likely N-dealkylation sites (tertiary alicyclic amines) is 1. The molecule has 0 aromatic heterocycles. The average molecular weight is 293 g/mol. The van der Waals surface area contributed by atoms with Crippen molar-refractivity contribution < 1.29 is 8.42 Å². The molecule has 2 rings (SSSR count). The van der Waals surface area contributed by atoms with Crippen LogP contribution in [0.2, 0.25) is 0 Å². The van der Waals surface area contributed by atoms with Crippen LogP contribution in [0, 0.1) is 11.3 Å². The lowest BCUT2D eigenvalue weighted by atomic mass is 10.0. The molecule has 1 aliphatic rings. The van der Waals surface area contributed by atoms with Gasteiger partial charge in [0.1, 0.15) is 0 Å². The Balaban J connectivity index is 2.06. The van der Waals surface area contributed by atoms with Gasteiger partial charge in [0.05, 0.1) is 17.4 Å². The van der Waals surface area contributed by atoms with E-state index in [9.17, 15) is 8.42 Å². The number of hydrogen-bond acceptors (Lipinski definition) is 4. The van der Waals surface area contributed by atoms with Gasteiger partial charge < -0.3 is 0 Å². The minimum Gasteiger partial charge on any atom is -0.295 e. The zero-order valence-electron chi connectivity index (χ0n) is 11.3. The van der Waals surface area contributed by atoms with Gasteiger partial charge in [-0.3, -0.25) is 4.90 Å². The van der Waals surface area contributed by atoms with Crippen molar-refractivity contribution in [3.8, 4) is 6.07 Å². The number of hydrogen-bond donors (Lipinski definition) is 1. The Morgan fingerprint density at radius 3 is 2.60 bits per heavy atom. The largest absolute Gasteiger partial charge is 0.295 e. The van der Waals surface area contributed by atoms with Crippen molar-refractivity contribution in [1.82, 2.24) is 4.90 Å². The second-order valence-corrected chi connectivity index (χ2v) is 6.92. The molecule has 1 aromatic carbocycles. The molecule has 5 nitrogen and oxygen atoms in total. The van der Waals surface area contributed by atoms with Crippen LogP contribution in [0.1, 0.15) is 30.4 Å². The third kappa shape index (κ3) is 4.30. The van der Waals surface area contributed by atoms with Crippen molar-refractivity contribution in [1.29, 1.82) is 5.26 Å². The van der Waals surface area contributed by atoms with Gasteiger partial charge in [0.25, 0.3) is 0 Å². The third-order valence-electron chi connectivity index (χ3n) is 3.64. The molecule has 0 bridgehead atoms. The summed E-state index contributed by atoms with van der Waals surface area (Å²) in [4.78, 5) is 2.18. The highest BCUT2D eigenvalue weighted by Crippen LogP contribution is 2.20. The third-order valence-corrected chi connectivity index (χ3v) is 4.49. The highest BCUT2D eigenvalue weighted by molar-refractivity contribution is 7.89. The first kappa shape index (κ1) is 15.0. The topological polar surface area (TPSA) is 87.2 Å². The van der Waals surface area contributed by atoms with Crippen LogP contribution in [-0.2, 0) is 16.6 Å². The highest BCUT2D eigenvalue weighted by atomic mass is 32.2. The molecule has 2 N–H and O–H groups in total. The Kier molecular flexibility index (Phi) is 4.76. The molecule has 1 aliphatic heterocycles. The number of rotatable bonds is 4. The maximum Gasteiger partial charge on any atom is 0.210 e. The van der Waals surface area contributed by atoms with Crippen molar-refractivity contribution in [3.63, 3.8) is 0 Å². The van der Waals surface area contributed by atoms with Crippen LogP contribution in [-0.4, -0.2) is 31.7 Å². The van der Waals surface area contributed by atoms with E-state index in [2.05, 4.69) is 11.0 Å². The molecule has 1 atom stereocenters. The second kappa shape index (κ2) is 6.35. The van der Waals surface area contributed by atoms with E-state index < -0.39 is 10.0 Å². The zero-order chi connectivity index (χ0) is 14.6. The number of primary sulfonamides is 1. The predicted octanol–water partition coefficient (Wildman–Crippen LogP) is 1.20. The zero-order valence-corrected chi connectivity index (χ0v) is 12.1. The van der Waals surface area contributed by atoms with Gasteiger partial charge in [-0.1, -0.05) is 18.6 Å². The van der Waals surface area contributed by atoms with Crippen molar-refractivity contribution in [2.24, 2.45) is 5.14 Å². The molecule has 0 radical (unpaired) electrons. The Morgan fingerprint density at radius 2 is 2.00 bits per heavy atom. The van der Waals surface area contributed by atoms with Gasteiger partial charge in [-0.15, -0.1) is 0 Å². The Hall–Kier alpha value is -1.42. The van der Waals surface area contributed by atoms with E-state index in [1.165, 1.54) is 0 Å². The summed E-state index contributed by atoms with van der Waals surface area (Å²) in [6.45, 7) is 1.59. The quantitative estimate of drug-likeness (QED) is 0.903. The molecular weight excluding hydrogens is 274 g/mol. The molecule has 0 saturated carbocycles. The summed E-state index contributed by atoms with van der Waals surface area (Å²) in [6.07, 6.45) is 2.99. The van der Waals surface area contributed by atoms with Crippen molar-refractivity contribution in [2.75, 3.05) is 12.3 Å². The summed E-state index contributed by atoms with van der Waals surface area (Å²) in [7, 11) is -3.44. The van der Waals surface area contributed by atoms with E-state index in [1.54, 1.807) is 12.1 Å². The van der Waals surface area contributed by atoms with E-state index in [1.807, 2.05) is 12.1 Å². The lowest BCUT2D eigenvalue weighted by Gasteiger charge is -2.35. The summed E-state index contributed by atoms with van der Waals surface area (Å²) in [5.41, 5.74) is 1.72. The van der Waals surface area contributed by atoms with Crippen LogP contribution in [0.15, 0.2) is 24.3 Å². The first-order valence-electron chi connectivity index (χ1n) is 6.71. The van der Waals surface area contributed by atoms with Gasteiger partial charge in [0.15, 0.2) is 0 Å². The van der Waals surface area contributed by atoms with Crippen LogP contribution in [0.25, 0.3) is 0 Å². The number of piperidine rings is 1. The van der Waals surface area contributed by atoms with Gasteiger partial charge in [0, 0.05) is 12.6 Å². The predicted molar refractivity (Wildman–Crippen MR) is 77.2 cm³/mol. The maximum atomic E-state index is 11.3. The Bertz CT molecular complexity index is 590. The molecule has 1 fully saturated rings. The first-order chi connectivity index (χ1) is 9.48. The fraction of sp³-hybridized carbons (Fsp3) is 0.500. The van der Waals surface area contributed by atoms with E-state index >= 15 is 0 Å². The van der Waals surface area contributed by atoms with E-state index in [-0.39, 0.29) is 11.8 Å². The number of nitriles is 1. The Labute approximate surface area is 120 Å². The van der Waals surface area contributed by atoms with Gasteiger partial charge in [-0.25, -0.2) is 13.6 Å². The van der Waals surface area contributed by atoms with Gasteiger partial charge in [-0.2, -0.15) is 5.26 Å². The minimum atomic E-state index is -3.44. The Morgan fingerprint density at radius 1 is 1.30 bits per heavy atom. The summed E-state index contributed by atoms with van der Waals surface area (Å²) in [6, 6.07) is 9.49. The lowest BCUT2D eigenvalue weighted by Crippen LogP contribution is -2.44. The molecule has 0 spiro atoms. The van der Waals surface area contributed by atoms with Crippen LogP contribution in [0.4, 0.5) is 0 Å². The monoisotopic (exact) mass is 293 g/mol. The smallest absolute Gasteiger partial charge is 0.210 e. The van der Waals surface area contributed by atoms with E-state index in [4.69, 9.17) is 10.4 Å². The summed E-state index contributed by atoms with van der Waals surface area (Å²) >= 11 is 0. The number of nitrogens with zero attached hydrogens (tertiary/aromatic N) is 2. The van der Waals surface area contributed by atoms with Crippen LogP contribution in [0.5, 0.6) is 0 Å². The molecule has 6 heteroatoms. The number of benzene rings is 1. The molecular formula is C14H19N3O2S.